The molecular weight excluding hydrogens is 252 g/mol. The van der Waals surface area contributed by atoms with Crippen LogP contribution in [0.25, 0.3) is 0 Å². The van der Waals surface area contributed by atoms with E-state index >= 15 is 0 Å². The molecule has 2 rings (SSSR count). The van der Waals surface area contributed by atoms with Gasteiger partial charge in [0.1, 0.15) is 5.75 Å². The average Bonchev–Trinajstić information content (AvgIpc) is 2.49. The van der Waals surface area contributed by atoms with Crippen molar-refractivity contribution in [3.63, 3.8) is 0 Å². The highest BCUT2D eigenvalue weighted by molar-refractivity contribution is 5.36. The number of nitrogens with zero attached hydrogens (tertiary/aromatic N) is 1. The lowest BCUT2D eigenvalue weighted by molar-refractivity contribution is 0.0505. The fourth-order valence-electron chi connectivity index (χ4n) is 2.95. The minimum atomic E-state index is 0.203. The maximum atomic E-state index is 6.01. The Hall–Kier alpha value is -1.10. The van der Waals surface area contributed by atoms with Crippen LogP contribution < -0.4 is 10.5 Å². The van der Waals surface area contributed by atoms with Gasteiger partial charge in [-0.05, 0) is 31.9 Å². The van der Waals surface area contributed by atoms with Crippen molar-refractivity contribution < 1.29 is 9.47 Å². The predicted octanol–water partition coefficient (Wildman–Crippen LogP) is 2.05. The molecule has 1 saturated heterocycles. The van der Waals surface area contributed by atoms with Gasteiger partial charge in [-0.2, -0.15) is 0 Å². The number of methoxy groups -OCH3 is 1. The lowest BCUT2D eigenvalue weighted by atomic mass is 9.97. The van der Waals surface area contributed by atoms with E-state index in [1.54, 1.807) is 7.11 Å². The summed E-state index contributed by atoms with van der Waals surface area (Å²) in [6.07, 6.45) is 2.29. The number of para-hydroxylation sites is 1. The molecule has 1 aliphatic rings. The summed E-state index contributed by atoms with van der Waals surface area (Å²) in [5.41, 5.74) is 7.19. The summed E-state index contributed by atoms with van der Waals surface area (Å²) in [6, 6.07) is 8.35. The van der Waals surface area contributed by atoms with Crippen LogP contribution in [0.1, 0.15) is 24.4 Å². The maximum absolute atomic E-state index is 6.01. The number of likely N-dealkylation sites (N-methyl/N-ethyl adjacent to an activating group) is 1. The van der Waals surface area contributed by atoms with Gasteiger partial charge < -0.3 is 15.2 Å². The molecule has 112 valence electrons. The molecule has 1 fully saturated rings. The molecule has 0 radical (unpaired) electrons. The van der Waals surface area contributed by atoms with Gasteiger partial charge >= 0.3 is 0 Å². The van der Waals surface area contributed by atoms with Crippen LogP contribution in [0.5, 0.6) is 5.75 Å². The van der Waals surface area contributed by atoms with Gasteiger partial charge in [0.15, 0.2) is 0 Å². The van der Waals surface area contributed by atoms with E-state index in [-0.39, 0.29) is 6.04 Å². The molecule has 20 heavy (non-hydrogen) atoms. The van der Waals surface area contributed by atoms with E-state index in [0.29, 0.717) is 12.5 Å². The minimum Gasteiger partial charge on any atom is -0.496 e. The Labute approximate surface area is 121 Å². The Morgan fingerprint density at radius 3 is 2.70 bits per heavy atom. The summed E-state index contributed by atoms with van der Waals surface area (Å²) in [5.74, 6) is 1.62. The molecule has 1 aliphatic heterocycles. The minimum absolute atomic E-state index is 0.203. The third kappa shape index (κ3) is 3.72. The molecule has 0 aliphatic carbocycles. The molecule has 1 heterocycles. The van der Waals surface area contributed by atoms with Crippen LogP contribution >= 0.6 is 0 Å². The van der Waals surface area contributed by atoms with Gasteiger partial charge in [0.2, 0.25) is 0 Å². The normalized spacial score (nSPS) is 18.2. The zero-order valence-electron chi connectivity index (χ0n) is 12.5. The zero-order chi connectivity index (χ0) is 14.4. The van der Waals surface area contributed by atoms with Gasteiger partial charge in [0, 0.05) is 31.9 Å². The monoisotopic (exact) mass is 278 g/mol. The van der Waals surface area contributed by atoms with Crippen molar-refractivity contribution in [2.75, 3.05) is 40.5 Å². The Morgan fingerprint density at radius 1 is 1.35 bits per heavy atom. The van der Waals surface area contributed by atoms with E-state index in [1.165, 1.54) is 5.56 Å². The van der Waals surface area contributed by atoms with E-state index in [1.807, 2.05) is 18.2 Å². The van der Waals surface area contributed by atoms with E-state index in [9.17, 15) is 0 Å². The summed E-state index contributed by atoms with van der Waals surface area (Å²) in [5, 5.41) is 0. The van der Waals surface area contributed by atoms with E-state index in [4.69, 9.17) is 15.2 Å². The van der Waals surface area contributed by atoms with Gasteiger partial charge in [-0.15, -0.1) is 0 Å². The van der Waals surface area contributed by atoms with Crippen LogP contribution in [0.3, 0.4) is 0 Å². The largest absolute Gasteiger partial charge is 0.496 e. The maximum Gasteiger partial charge on any atom is 0.123 e. The molecule has 0 aromatic heterocycles. The zero-order valence-corrected chi connectivity index (χ0v) is 12.5. The molecule has 1 aromatic rings. The van der Waals surface area contributed by atoms with Crippen LogP contribution in [0.4, 0.5) is 0 Å². The first-order valence-corrected chi connectivity index (χ1v) is 7.37. The lowest BCUT2D eigenvalue weighted by Crippen LogP contribution is -2.36. The Kier molecular flexibility index (Phi) is 5.83. The first-order valence-electron chi connectivity index (χ1n) is 7.37. The van der Waals surface area contributed by atoms with Crippen molar-refractivity contribution in [1.29, 1.82) is 0 Å². The van der Waals surface area contributed by atoms with Crippen molar-refractivity contribution >= 4 is 0 Å². The molecule has 1 unspecified atom stereocenters. The molecule has 1 aromatic carbocycles. The topological polar surface area (TPSA) is 47.7 Å². The summed E-state index contributed by atoms with van der Waals surface area (Å²) in [7, 11) is 3.87. The second-order valence-electron chi connectivity index (χ2n) is 5.49. The number of rotatable bonds is 6. The van der Waals surface area contributed by atoms with E-state index < -0.39 is 0 Å². The highest BCUT2D eigenvalue weighted by Crippen LogP contribution is 2.29. The summed E-state index contributed by atoms with van der Waals surface area (Å²) < 4.78 is 10.9. The van der Waals surface area contributed by atoms with Gasteiger partial charge in [0.25, 0.3) is 0 Å². The number of ether oxygens (including phenoxy) is 2. The molecule has 0 saturated carbocycles. The van der Waals surface area contributed by atoms with Crippen molar-refractivity contribution in [2.24, 2.45) is 11.7 Å². The lowest BCUT2D eigenvalue weighted by Gasteiger charge is -2.33. The third-order valence-electron chi connectivity index (χ3n) is 4.14. The fraction of sp³-hybridized carbons (Fsp3) is 0.625. The number of hydrogen-bond acceptors (Lipinski definition) is 4. The molecule has 4 heteroatoms. The molecule has 0 bridgehead atoms. The molecule has 2 N–H and O–H groups in total. The number of hydrogen-bond donors (Lipinski definition) is 1. The molecule has 0 amide bonds. The standard InChI is InChI=1S/C16H26N2O2/c1-18(12-13-7-9-20-10-8-13)15(11-17)14-5-3-4-6-16(14)19-2/h3-6,13,15H,7-12,17H2,1-2H3. The average molecular weight is 278 g/mol. The van der Waals surface area contributed by atoms with Crippen LogP contribution in [-0.4, -0.2) is 45.4 Å². The quantitative estimate of drug-likeness (QED) is 0.865. The SMILES string of the molecule is COc1ccccc1C(CN)N(C)CC1CCOCC1. The highest BCUT2D eigenvalue weighted by atomic mass is 16.5. The highest BCUT2D eigenvalue weighted by Gasteiger charge is 2.23. The molecule has 0 spiro atoms. The Balaban J connectivity index is 2.06. The van der Waals surface area contributed by atoms with E-state index in [2.05, 4.69) is 18.0 Å². The molecule has 1 atom stereocenters. The summed E-state index contributed by atoms with van der Waals surface area (Å²) >= 11 is 0. The van der Waals surface area contributed by atoms with Gasteiger partial charge in [-0.1, -0.05) is 18.2 Å². The van der Waals surface area contributed by atoms with Crippen LogP contribution in [0, 0.1) is 5.92 Å². The first kappa shape index (κ1) is 15.3. The third-order valence-corrected chi connectivity index (χ3v) is 4.14. The van der Waals surface area contributed by atoms with Crippen molar-refractivity contribution in [3.05, 3.63) is 29.8 Å². The van der Waals surface area contributed by atoms with Gasteiger partial charge in [-0.3, -0.25) is 4.90 Å². The fourth-order valence-corrected chi connectivity index (χ4v) is 2.95. The smallest absolute Gasteiger partial charge is 0.123 e. The van der Waals surface area contributed by atoms with Gasteiger partial charge in [0.05, 0.1) is 13.2 Å². The second-order valence-corrected chi connectivity index (χ2v) is 5.49. The van der Waals surface area contributed by atoms with Crippen molar-refractivity contribution in [2.45, 2.75) is 18.9 Å². The number of nitrogens with two attached hydrogens (primary N) is 1. The molecular formula is C16H26N2O2. The Morgan fingerprint density at radius 2 is 2.05 bits per heavy atom. The summed E-state index contributed by atoms with van der Waals surface area (Å²) in [6.45, 7) is 3.43. The predicted molar refractivity (Wildman–Crippen MR) is 81.0 cm³/mol. The van der Waals surface area contributed by atoms with Crippen LogP contribution in [0.15, 0.2) is 24.3 Å². The van der Waals surface area contributed by atoms with E-state index in [0.717, 1.165) is 38.3 Å². The van der Waals surface area contributed by atoms with Crippen molar-refractivity contribution in [3.8, 4) is 5.75 Å². The van der Waals surface area contributed by atoms with Crippen molar-refractivity contribution in [1.82, 2.24) is 4.90 Å². The second kappa shape index (κ2) is 7.62. The molecule has 4 nitrogen and oxygen atoms in total. The Bertz CT molecular complexity index is 405. The van der Waals surface area contributed by atoms with Gasteiger partial charge in [-0.25, -0.2) is 0 Å². The van der Waals surface area contributed by atoms with Crippen LogP contribution in [-0.2, 0) is 4.74 Å². The van der Waals surface area contributed by atoms with Crippen LogP contribution in [0.2, 0.25) is 0 Å². The first-order chi connectivity index (χ1) is 9.76. The number of benzene rings is 1. The summed E-state index contributed by atoms with van der Waals surface area (Å²) in [4.78, 5) is 2.36.